The lowest BCUT2D eigenvalue weighted by atomic mass is 10.0. The predicted octanol–water partition coefficient (Wildman–Crippen LogP) is 5.25. The maximum atomic E-state index is 10.0. The van der Waals surface area contributed by atoms with Crippen LogP contribution in [0.15, 0.2) is 85.1 Å². The van der Waals surface area contributed by atoms with Crippen LogP contribution in [0.1, 0.15) is 18.9 Å². The average Bonchev–Trinajstić information content (AvgIpc) is 3.16. The summed E-state index contributed by atoms with van der Waals surface area (Å²) < 4.78 is 0. The van der Waals surface area contributed by atoms with E-state index < -0.39 is 0 Å². The van der Waals surface area contributed by atoms with Gasteiger partial charge in [0.2, 0.25) is 0 Å². The Bertz CT molecular complexity index is 930. The second kappa shape index (κ2) is 9.29. The van der Waals surface area contributed by atoms with Crippen molar-refractivity contribution in [2.75, 3.05) is 0 Å². The summed E-state index contributed by atoms with van der Waals surface area (Å²) in [5, 5.41) is 26.5. The molecule has 4 nitrogen and oxygen atoms in total. The highest BCUT2D eigenvalue weighted by atomic mass is 31.1. The van der Waals surface area contributed by atoms with E-state index in [0.29, 0.717) is 14.3 Å². The molecule has 0 bridgehead atoms. The number of hydrogen-bond acceptors (Lipinski definition) is 4. The molecule has 2 aromatic carbocycles. The van der Waals surface area contributed by atoms with Crippen LogP contribution in [0.5, 0.6) is 11.5 Å². The first-order valence-electron chi connectivity index (χ1n) is 9.21. The molecule has 2 unspecified atom stereocenters. The lowest BCUT2D eigenvalue weighted by Crippen LogP contribution is -2.21. The quantitative estimate of drug-likeness (QED) is 0.384. The number of nitrogens with one attached hydrogen (secondary N) is 2. The van der Waals surface area contributed by atoms with Crippen LogP contribution in [0.2, 0.25) is 0 Å². The molecule has 0 spiro atoms. The molecule has 1 aliphatic heterocycles. The second-order valence-corrected chi connectivity index (χ2v) is 7.58. The molecule has 28 heavy (non-hydrogen) atoms. The molecule has 0 aliphatic carbocycles. The standard InChI is InChI=1S/C23H25N2O2P/c1-3-5-6-7-18(4-2)24-23-15-21(25-28-23)17-10-8-16(9-11-17)20-13-12-19(26)14-22(20)27/h3,5-15,23-28H,1,4H2,2H3/b6-5-,18-7+. The van der Waals surface area contributed by atoms with Crippen molar-refractivity contribution in [1.29, 1.82) is 0 Å². The largest absolute Gasteiger partial charge is 0.508 e. The Morgan fingerprint density at radius 3 is 2.57 bits per heavy atom. The molecule has 1 heterocycles. The fourth-order valence-electron chi connectivity index (χ4n) is 2.96. The van der Waals surface area contributed by atoms with Crippen molar-refractivity contribution in [3.8, 4) is 22.6 Å². The second-order valence-electron chi connectivity index (χ2n) is 6.42. The molecule has 0 fully saturated rings. The van der Waals surface area contributed by atoms with Crippen molar-refractivity contribution in [2.24, 2.45) is 0 Å². The van der Waals surface area contributed by atoms with Crippen molar-refractivity contribution < 1.29 is 10.2 Å². The van der Waals surface area contributed by atoms with Gasteiger partial charge in [-0.1, -0.05) is 56.0 Å². The normalized spacial score (nSPS) is 17.5. The Morgan fingerprint density at radius 2 is 1.89 bits per heavy atom. The average molecular weight is 392 g/mol. The molecule has 3 rings (SSSR count). The first-order valence-corrected chi connectivity index (χ1v) is 10.3. The van der Waals surface area contributed by atoms with Gasteiger partial charge in [0.15, 0.2) is 0 Å². The summed E-state index contributed by atoms with van der Waals surface area (Å²) in [5.74, 6) is 0.387. The van der Waals surface area contributed by atoms with Crippen LogP contribution < -0.4 is 10.4 Å². The molecular weight excluding hydrogens is 367 g/mol. The Morgan fingerprint density at radius 1 is 1.14 bits per heavy atom. The van der Waals surface area contributed by atoms with Gasteiger partial charge in [0, 0.05) is 31.8 Å². The van der Waals surface area contributed by atoms with Crippen molar-refractivity contribution in [1.82, 2.24) is 10.4 Å². The zero-order valence-corrected chi connectivity index (χ0v) is 16.8. The number of aromatic hydroxyl groups is 2. The first kappa shape index (κ1) is 19.8. The van der Waals surface area contributed by atoms with Gasteiger partial charge >= 0.3 is 0 Å². The van der Waals surface area contributed by atoms with E-state index in [1.165, 1.54) is 11.8 Å². The number of phenols is 2. The van der Waals surface area contributed by atoms with Crippen LogP contribution in [0.4, 0.5) is 0 Å². The lowest BCUT2D eigenvalue weighted by molar-refractivity contribution is 0.452. The molecule has 0 amide bonds. The SMILES string of the molecule is C=C/C=C\C=C(/CC)NC1C=C(c2ccc(-c3ccc(O)cc3O)cc2)NP1. The van der Waals surface area contributed by atoms with Gasteiger partial charge in [0.25, 0.3) is 0 Å². The van der Waals surface area contributed by atoms with Gasteiger partial charge in [-0.05, 0) is 41.8 Å². The van der Waals surface area contributed by atoms with Crippen molar-refractivity contribution in [3.05, 3.63) is 90.7 Å². The van der Waals surface area contributed by atoms with Crippen molar-refractivity contribution >= 4 is 14.4 Å². The summed E-state index contributed by atoms with van der Waals surface area (Å²) in [4.78, 5) is 0. The topological polar surface area (TPSA) is 64.5 Å². The Balaban J connectivity index is 1.72. The van der Waals surface area contributed by atoms with E-state index in [-0.39, 0.29) is 17.3 Å². The van der Waals surface area contributed by atoms with Crippen molar-refractivity contribution in [2.45, 2.75) is 19.1 Å². The predicted molar refractivity (Wildman–Crippen MR) is 119 cm³/mol. The molecule has 2 atom stereocenters. The number of phenolic OH excluding ortho intramolecular Hbond substituents is 2. The van der Waals surface area contributed by atoms with Gasteiger partial charge in [0.1, 0.15) is 11.5 Å². The lowest BCUT2D eigenvalue weighted by Gasteiger charge is -2.13. The minimum atomic E-state index is 0.0539. The molecule has 144 valence electrons. The van der Waals surface area contributed by atoms with E-state index in [9.17, 15) is 10.2 Å². The Labute approximate surface area is 167 Å². The van der Waals surface area contributed by atoms with Gasteiger partial charge in [-0.15, -0.1) is 0 Å². The number of rotatable bonds is 7. The molecule has 2 aromatic rings. The third kappa shape index (κ3) is 4.85. The van der Waals surface area contributed by atoms with E-state index >= 15 is 0 Å². The highest BCUT2D eigenvalue weighted by Crippen LogP contribution is 2.34. The minimum Gasteiger partial charge on any atom is -0.508 e. The Hall–Kier alpha value is -2.97. The third-order valence-corrected chi connectivity index (χ3v) is 5.49. The summed E-state index contributed by atoms with van der Waals surface area (Å²) in [6.07, 6.45) is 10.9. The van der Waals surface area contributed by atoms with E-state index in [0.717, 1.165) is 23.2 Å². The molecule has 0 saturated carbocycles. The van der Waals surface area contributed by atoms with E-state index in [1.54, 1.807) is 18.2 Å². The molecule has 1 aliphatic rings. The summed E-state index contributed by atoms with van der Waals surface area (Å²) in [7, 11) is 0.567. The minimum absolute atomic E-state index is 0.0539. The zero-order valence-electron chi connectivity index (χ0n) is 15.8. The number of hydrogen-bond donors (Lipinski definition) is 4. The molecule has 0 aromatic heterocycles. The Kier molecular flexibility index (Phi) is 6.57. The van der Waals surface area contributed by atoms with Crippen LogP contribution in [-0.2, 0) is 0 Å². The van der Waals surface area contributed by atoms with Gasteiger partial charge in [-0.2, -0.15) is 0 Å². The fraction of sp³-hybridized carbons (Fsp3) is 0.130. The van der Waals surface area contributed by atoms with Gasteiger partial charge in [0.05, 0.1) is 5.78 Å². The highest BCUT2D eigenvalue weighted by Gasteiger charge is 2.16. The molecular formula is C23H25N2O2P. The summed E-state index contributed by atoms with van der Waals surface area (Å²) >= 11 is 0. The van der Waals surface area contributed by atoms with Gasteiger partial charge in [-0.25, -0.2) is 0 Å². The maximum Gasteiger partial charge on any atom is 0.127 e. The third-order valence-electron chi connectivity index (χ3n) is 4.45. The van der Waals surface area contributed by atoms with E-state index in [2.05, 4.69) is 36.1 Å². The fourth-order valence-corrected chi connectivity index (χ4v) is 4.01. The van der Waals surface area contributed by atoms with Gasteiger partial charge in [-0.3, -0.25) is 0 Å². The summed E-state index contributed by atoms with van der Waals surface area (Å²) in [6, 6.07) is 12.7. The van der Waals surface area contributed by atoms with Crippen LogP contribution in [-0.4, -0.2) is 16.0 Å². The molecule has 4 N–H and O–H groups in total. The molecule has 0 saturated heterocycles. The number of allylic oxidation sites excluding steroid dienone is 5. The first-order chi connectivity index (χ1) is 13.6. The molecule has 0 radical (unpaired) electrons. The monoisotopic (exact) mass is 392 g/mol. The summed E-state index contributed by atoms with van der Waals surface area (Å²) in [6.45, 7) is 5.82. The number of benzene rings is 2. The van der Waals surface area contributed by atoms with Crippen LogP contribution in [0.25, 0.3) is 16.8 Å². The van der Waals surface area contributed by atoms with E-state index in [1.807, 2.05) is 36.4 Å². The zero-order chi connectivity index (χ0) is 19.9. The van der Waals surface area contributed by atoms with Crippen LogP contribution in [0, 0.1) is 0 Å². The summed E-state index contributed by atoms with van der Waals surface area (Å²) in [5.41, 5.74) is 5.00. The van der Waals surface area contributed by atoms with Crippen molar-refractivity contribution in [3.63, 3.8) is 0 Å². The van der Waals surface area contributed by atoms with Crippen LogP contribution in [0.3, 0.4) is 0 Å². The van der Waals surface area contributed by atoms with Gasteiger partial charge < -0.3 is 20.6 Å². The van der Waals surface area contributed by atoms with E-state index in [4.69, 9.17) is 0 Å². The maximum absolute atomic E-state index is 10.0. The molecule has 5 heteroatoms. The van der Waals surface area contributed by atoms with Crippen LogP contribution >= 0.6 is 8.73 Å². The highest BCUT2D eigenvalue weighted by molar-refractivity contribution is 7.37. The smallest absolute Gasteiger partial charge is 0.127 e.